The minimum atomic E-state index is 0.545. The fourth-order valence-electron chi connectivity index (χ4n) is 1.15. The third-order valence-electron chi connectivity index (χ3n) is 1.75. The van der Waals surface area contributed by atoms with Crippen molar-refractivity contribution >= 4 is 0 Å². The number of nitrogens with one attached hydrogen (secondary N) is 1. The maximum atomic E-state index is 5.16. The predicted molar refractivity (Wildman–Crippen MR) is 48.6 cm³/mol. The van der Waals surface area contributed by atoms with Crippen molar-refractivity contribution in [1.29, 1.82) is 0 Å². The molecular formula is C9H11N3O2. The number of hydrogen-bond donors (Lipinski definition) is 1. The first-order chi connectivity index (χ1) is 6.88. The summed E-state index contributed by atoms with van der Waals surface area (Å²) >= 11 is 0. The van der Waals surface area contributed by atoms with E-state index in [-0.39, 0.29) is 0 Å². The molecule has 0 atom stereocenters. The van der Waals surface area contributed by atoms with Gasteiger partial charge in [-0.25, -0.2) is 0 Å². The van der Waals surface area contributed by atoms with E-state index in [2.05, 4.69) is 15.5 Å². The van der Waals surface area contributed by atoms with Gasteiger partial charge < -0.3 is 14.3 Å². The molecule has 1 N–H and O–H groups in total. The first-order valence-corrected chi connectivity index (χ1v) is 4.37. The highest BCUT2D eigenvalue weighted by Gasteiger charge is 2.07. The number of aromatic nitrogens is 2. The number of hydrogen-bond acceptors (Lipinski definition) is 5. The molecule has 0 aliphatic rings. The Hall–Kier alpha value is -1.62. The molecule has 0 saturated carbocycles. The van der Waals surface area contributed by atoms with Crippen molar-refractivity contribution in [3.8, 4) is 0 Å². The smallest absolute Gasteiger partial charge is 0.234 e. The standard InChI is InChI=1S/C9H11N3O2/c1-10-6-8-11-9(14-12-8)5-7-3-2-4-13-7/h2-4,10H,5-6H2,1H3. The third kappa shape index (κ3) is 2.00. The van der Waals surface area contributed by atoms with Crippen LogP contribution in [0.1, 0.15) is 17.5 Å². The van der Waals surface area contributed by atoms with Crippen molar-refractivity contribution < 1.29 is 8.94 Å². The molecule has 5 nitrogen and oxygen atoms in total. The summed E-state index contributed by atoms with van der Waals surface area (Å²) in [6, 6.07) is 3.71. The predicted octanol–water partition coefficient (Wildman–Crippen LogP) is 0.973. The van der Waals surface area contributed by atoms with Crippen LogP contribution in [-0.2, 0) is 13.0 Å². The van der Waals surface area contributed by atoms with Crippen LogP contribution < -0.4 is 5.32 Å². The lowest BCUT2D eigenvalue weighted by Crippen LogP contribution is -2.06. The maximum absolute atomic E-state index is 5.16. The third-order valence-corrected chi connectivity index (χ3v) is 1.75. The minimum absolute atomic E-state index is 0.545. The van der Waals surface area contributed by atoms with Crippen LogP contribution in [0.15, 0.2) is 27.3 Å². The van der Waals surface area contributed by atoms with Gasteiger partial charge in [0.2, 0.25) is 5.89 Å². The molecule has 2 rings (SSSR count). The van der Waals surface area contributed by atoms with Crippen molar-refractivity contribution in [2.45, 2.75) is 13.0 Å². The molecule has 2 aromatic heterocycles. The molecule has 0 fully saturated rings. The highest BCUT2D eigenvalue weighted by atomic mass is 16.5. The molecular weight excluding hydrogens is 182 g/mol. The molecule has 2 aromatic rings. The second kappa shape index (κ2) is 4.06. The van der Waals surface area contributed by atoms with E-state index in [1.807, 2.05) is 19.2 Å². The fraction of sp³-hybridized carbons (Fsp3) is 0.333. The van der Waals surface area contributed by atoms with Gasteiger partial charge in [-0.2, -0.15) is 4.98 Å². The van der Waals surface area contributed by atoms with E-state index in [0.29, 0.717) is 24.7 Å². The van der Waals surface area contributed by atoms with Crippen molar-refractivity contribution in [3.05, 3.63) is 35.9 Å². The van der Waals surface area contributed by atoms with Crippen LogP contribution >= 0.6 is 0 Å². The topological polar surface area (TPSA) is 64.1 Å². The lowest BCUT2D eigenvalue weighted by Gasteiger charge is -1.88. The summed E-state index contributed by atoms with van der Waals surface area (Å²) in [6.07, 6.45) is 2.17. The molecule has 5 heteroatoms. The Labute approximate surface area is 81.1 Å². The first-order valence-electron chi connectivity index (χ1n) is 4.37. The van der Waals surface area contributed by atoms with Gasteiger partial charge in [-0.1, -0.05) is 5.16 Å². The Bertz CT molecular complexity index is 380. The summed E-state index contributed by atoms with van der Waals surface area (Å²) in [6.45, 7) is 0.613. The van der Waals surface area contributed by atoms with Gasteiger partial charge in [-0.05, 0) is 19.2 Å². The highest BCUT2D eigenvalue weighted by Crippen LogP contribution is 2.07. The minimum Gasteiger partial charge on any atom is -0.469 e. The molecule has 0 unspecified atom stereocenters. The molecule has 0 spiro atoms. The number of nitrogens with zero attached hydrogens (tertiary/aromatic N) is 2. The van der Waals surface area contributed by atoms with E-state index in [4.69, 9.17) is 8.94 Å². The summed E-state index contributed by atoms with van der Waals surface area (Å²) < 4.78 is 10.2. The van der Waals surface area contributed by atoms with Crippen molar-refractivity contribution in [2.75, 3.05) is 7.05 Å². The largest absolute Gasteiger partial charge is 0.469 e. The van der Waals surface area contributed by atoms with E-state index >= 15 is 0 Å². The van der Waals surface area contributed by atoms with Crippen LogP contribution in [0.4, 0.5) is 0 Å². The summed E-state index contributed by atoms with van der Waals surface area (Å²) in [5, 5.41) is 6.74. The lowest BCUT2D eigenvalue weighted by molar-refractivity contribution is 0.369. The second-order valence-corrected chi connectivity index (χ2v) is 2.89. The molecule has 14 heavy (non-hydrogen) atoms. The Kier molecular flexibility index (Phi) is 2.60. The summed E-state index contributed by atoms with van der Waals surface area (Å²) in [5.74, 6) is 2.06. The van der Waals surface area contributed by atoms with Crippen LogP contribution in [0.25, 0.3) is 0 Å². The second-order valence-electron chi connectivity index (χ2n) is 2.89. The molecule has 74 valence electrons. The Morgan fingerprint density at radius 3 is 3.14 bits per heavy atom. The molecule has 0 aliphatic carbocycles. The van der Waals surface area contributed by atoms with Gasteiger partial charge in [0, 0.05) is 0 Å². The van der Waals surface area contributed by atoms with Crippen molar-refractivity contribution in [3.63, 3.8) is 0 Å². The Morgan fingerprint density at radius 2 is 2.43 bits per heavy atom. The molecule has 2 heterocycles. The van der Waals surface area contributed by atoms with Crippen LogP contribution in [0.5, 0.6) is 0 Å². The zero-order chi connectivity index (χ0) is 9.80. The van der Waals surface area contributed by atoms with Crippen LogP contribution in [0.2, 0.25) is 0 Å². The first kappa shape index (κ1) is 8.96. The molecule has 0 radical (unpaired) electrons. The monoisotopic (exact) mass is 193 g/mol. The average molecular weight is 193 g/mol. The van der Waals surface area contributed by atoms with E-state index in [0.717, 1.165) is 5.76 Å². The van der Waals surface area contributed by atoms with Crippen molar-refractivity contribution in [2.24, 2.45) is 0 Å². The van der Waals surface area contributed by atoms with Gasteiger partial charge in [-0.3, -0.25) is 0 Å². The van der Waals surface area contributed by atoms with Crippen LogP contribution in [-0.4, -0.2) is 17.2 Å². The molecule has 0 saturated heterocycles. The van der Waals surface area contributed by atoms with Crippen LogP contribution in [0, 0.1) is 0 Å². The van der Waals surface area contributed by atoms with Gasteiger partial charge in [0.05, 0.1) is 19.2 Å². The quantitative estimate of drug-likeness (QED) is 0.783. The average Bonchev–Trinajstić information content (AvgIpc) is 2.79. The summed E-state index contributed by atoms with van der Waals surface area (Å²) in [7, 11) is 1.84. The lowest BCUT2D eigenvalue weighted by atomic mass is 10.3. The highest BCUT2D eigenvalue weighted by molar-refractivity contribution is 5.04. The normalized spacial score (nSPS) is 10.6. The fourth-order valence-corrected chi connectivity index (χ4v) is 1.15. The van der Waals surface area contributed by atoms with Crippen LogP contribution in [0.3, 0.4) is 0 Å². The zero-order valence-electron chi connectivity index (χ0n) is 7.86. The maximum Gasteiger partial charge on any atom is 0.234 e. The summed E-state index contributed by atoms with van der Waals surface area (Å²) in [5.41, 5.74) is 0. The zero-order valence-corrected chi connectivity index (χ0v) is 7.86. The van der Waals surface area contributed by atoms with Gasteiger partial charge in [0.25, 0.3) is 0 Å². The molecule has 0 bridgehead atoms. The summed E-state index contributed by atoms with van der Waals surface area (Å²) in [4.78, 5) is 4.17. The van der Waals surface area contributed by atoms with E-state index in [9.17, 15) is 0 Å². The number of furan rings is 1. The van der Waals surface area contributed by atoms with Gasteiger partial charge >= 0.3 is 0 Å². The van der Waals surface area contributed by atoms with Gasteiger partial charge in [0.15, 0.2) is 5.82 Å². The Balaban J connectivity index is 2.03. The van der Waals surface area contributed by atoms with Gasteiger partial charge in [-0.15, -0.1) is 0 Å². The molecule has 0 amide bonds. The molecule has 0 aliphatic heterocycles. The van der Waals surface area contributed by atoms with Crippen molar-refractivity contribution in [1.82, 2.24) is 15.5 Å². The van der Waals surface area contributed by atoms with Gasteiger partial charge in [0.1, 0.15) is 5.76 Å². The SMILES string of the molecule is CNCc1noc(Cc2ccco2)n1. The van der Waals surface area contributed by atoms with E-state index in [1.54, 1.807) is 6.26 Å². The number of rotatable bonds is 4. The Morgan fingerprint density at radius 1 is 1.50 bits per heavy atom. The molecule has 0 aromatic carbocycles. The van der Waals surface area contributed by atoms with E-state index in [1.165, 1.54) is 0 Å². The van der Waals surface area contributed by atoms with E-state index < -0.39 is 0 Å².